The maximum absolute atomic E-state index is 11.8. The number of carbonyl (C=O) groups excluding carboxylic acids is 1. The average Bonchev–Trinajstić information content (AvgIpc) is 2.85. The molecule has 1 atom stereocenters. The minimum Gasteiger partial charge on any atom is -0.355 e. The van der Waals surface area contributed by atoms with Crippen molar-refractivity contribution in [1.29, 1.82) is 0 Å². The Bertz CT molecular complexity index is 592. The third kappa shape index (κ3) is 2.58. The Morgan fingerprint density at radius 2 is 2.26 bits per heavy atom. The molecule has 4 N–H and O–H groups in total. The van der Waals surface area contributed by atoms with Crippen LogP contribution in [0.15, 0.2) is 18.6 Å². The number of nitrogens with two attached hydrogens (primary N) is 1. The fourth-order valence-electron chi connectivity index (χ4n) is 1.75. The Balaban J connectivity index is 2.33. The molecule has 2 heterocycles. The van der Waals surface area contributed by atoms with Gasteiger partial charge in [-0.1, -0.05) is 0 Å². The van der Waals surface area contributed by atoms with E-state index >= 15 is 0 Å². The highest BCUT2D eigenvalue weighted by molar-refractivity contribution is 5.84. The summed E-state index contributed by atoms with van der Waals surface area (Å²) in [6, 6.07) is -0.406. The third-order valence-corrected chi connectivity index (χ3v) is 2.69. The van der Waals surface area contributed by atoms with Crippen molar-refractivity contribution in [2.75, 3.05) is 24.8 Å². The average molecular weight is 263 g/mol. The van der Waals surface area contributed by atoms with Crippen molar-refractivity contribution in [1.82, 2.24) is 19.3 Å². The maximum Gasteiger partial charge on any atom is 0.244 e. The van der Waals surface area contributed by atoms with Gasteiger partial charge in [0.2, 0.25) is 5.91 Å². The number of fused-ring (bicyclic) bond motifs is 1. The van der Waals surface area contributed by atoms with Gasteiger partial charge < -0.3 is 20.0 Å². The molecule has 0 spiro atoms. The molecule has 2 rings (SSSR count). The smallest absolute Gasteiger partial charge is 0.244 e. The number of anilines is 2. The number of nitrogens with one attached hydrogen (secondary N) is 2. The Morgan fingerprint density at radius 1 is 1.53 bits per heavy atom. The molecule has 0 bridgehead atoms. The number of amides is 1. The van der Waals surface area contributed by atoms with Crippen LogP contribution in [0.5, 0.6) is 0 Å². The molecule has 0 saturated carbocycles. The Kier molecular flexibility index (Phi) is 3.52. The standard InChI is InChI=1S/C11H17N7O/c1-7(11(19)17(2)3)14-9-10-13-4-5-18(10)6-8(15-9)16-12/h4-7,16H,12H2,1-3H3,(H,14,15). The summed E-state index contributed by atoms with van der Waals surface area (Å²) in [7, 11) is 3.41. The van der Waals surface area contributed by atoms with Crippen LogP contribution in [0.1, 0.15) is 6.92 Å². The quantitative estimate of drug-likeness (QED) is 0.526. The summed E-state index contributed by atoms with van der Waals surface area (Å²) in [6.07, 6.45) is 5.15. The molecule has 19 heavy (non-hydrogen) atoms. The van der Waals surface area contributed by atoms with E-state index in [2.05, 4.69) is 20.7 Å². The Labute approximate surface area is 110 Å². The van der Waals surface area contributed by atoms with Crippen molar-refractivity contribution < 1.29 is 4.79 Å². The summed E-state index contributed by atoms with van der Waals surface area (Å²) in [4.78, 5) is 21.8. The van der Waals surface area contributed by atoms with E-state index in [0.717, 1.165) is 0 Å². The number of hydrogen-bond donors (Lipinski definition) is 3. The summed E-state index contributed by atoms with van der Waals surface area (Å²) in [6.45, 7) is 1.77. The van der Waals surface area contributed by atoms with E-state index in [9.17, 15) is 4.79 Å². The predicted octanol–water partition coefficient (Wildman–Crippen LogP) is -0.0965. The summed E-state index contributed by atoms with van der Waals surface area (Å²) in [5.41, 5.74) is 3.12. The highest BCUT2D eigenvalue weighted by Crippen LogP contribution is 2.16. The topological polar surface area (TPSA) is 101 Å². The normalized spacial score (nSPS) is 12.2. The summed E-state index contributed by atoms with van der Waals surface area (Å²) in [5, 5.41) is 3.05. The number of imidazole rings is 1. The zero-order chi connectivity index (χ0) is 14.0. The van der Waals surface area contributed by atoms with Crippen LogP contribution in [0.3, 0.4) is 0 Å². The molecule has 2 aromatic heterocycles. The number of carbonyl (C=O) groups is 1. The first kappa shape index (κ1) is 13.1. The van der Waals surface area contributed by atoms with Crippen molar-refractivity contribution >= 4 is 23.2 Å². The van der Waals surface area contributed by atoms with Gasteiger partial charge in [-0.25, -0.2) is 15.8 Å². The number of hydrazine groups is 1. The monoisotopic (exact) mass is 263 g/mol. The zero-order valence-electron chi connectivity index (χ0n) is 11.1. The molecule has 1 amide bonds. The number of hydrogen-bond acceptors (Lipinski definition) is 6. The van der Waals surface area contributed by atoms with Crippen LogP contribution < -0.4 is 16.6 Å². The predicted molar refractivity (Wildman–Crippen MR) is 72.6 cm³/mol. The molecule has 0 aliphatic rings. The SMILES string of the molecule is CC(Nc1nc(NN)cn2ccnc12)C(=O)N(C)C. The Hall–Kier alpha value is -2.35. The molecule has 0 aromatic carbocycles. The molecular weight excluding hydrogens is 246 g/mol. The second-order valence-electron chi connectivity index (χ2n) is 4.38. The van der Waals surface area contributed by atoms with Crippen LogP contribution in [0, 0.1) is 0 Å². The molecule has 0 aliphatic heterocycles. The number of rotatable bonds is 4. The highest BCUT2D eigenvalue weighted by Gasteiger charge is 2.17. The lowest BCUT2D eigenvalue weighted by molar-refractivity contribution is -0.129. The van der Waals surface area contributed by atoms with Crippen LogP contribution in [0.25, 0.3) is 5.65 Å². The minimum atomic E-state index is -0.406. The lowest BCUT2D eigenvalue weighted by atomic mass is 10.3. The number of nitrogen functional groups attached to an aromatic ring is 1. The van der Waals surface area contributed by atoms with Crippen molar-refractivity contribution in [2.45, 2.75) is 13.0 Å². The van der Waals surface area contributed by atoms with E-state index in [1.54, 1.807) is 44.0 Å². The van der Waals surface area contributed by atoms with Gasteiger partial charge in [0.05, 0.1) is 6.20 Å². The van der Waals surface area contributed by atoms with Gasteiger partial charge in [-0.15, -0.1) is 0 Å². The van der Waals surface area contributed by atoms with E-state index in [1.807, 2.05) is 0 Å². The molecular formula is C11H17N7O. The van der Waals surface area contributed by atoms with E-state index < -0.39 is 6.04 Å². The molecule has 102 valence electrons. The molecule has 2 aromatic rings. The van der Waals surface area contributed by atoms with Crippen molar-refractivity contribution in [3.8, 4) is 0 Å². The van der Waals surface area contributed by atoms with Crippen molar-refractivity contribution in [3.05, 3.63) is 18.6 Å². The van der Waals surface area contributed by atoms with E-state index in [0.29, 0.717) is 17.3 Å². The second kappa shape index (κ2) is 5.11. The van der Waals surface area contributed by atoms with E-state index in [-0.39, 0.29) is 5.91 Å². The number of likely N-dealkylation sites (N-methyl/N-ethyl adjacent to an activating group) is 1. The number of aromatic nitrogens is 3. The minimum absolute atomic E-state index is 0.0439. The van der Waals surface area contributed by atoms with E-state index in [1.165, 1.54) is 4.90 Å². The molecule has 8 nitrogen and oxygen atoms in total. The van der Waals surface area contributed by atoms with Crippen molar-refractivity contribution in [2.24, 2.45) is 5.84 Å². The summed E-state index contributed by atoms with van der Waals surface area (Å²) < 4.78 is 1.78. The molecule has 0 fully saturated rings. The molecule has 0 aliphatic carbocycles. The second-order valence-corrected chi connectivity index (χ2v) is 4.38. The van der Waals surface area contributed by atoms with Gasteiger partial charge in [0.25, 0.3) is 0 Å². The fourth-order valence-corrected chi connectivity index (χ4v) is 1.75. The molecule has 1 unspecified atom stereocenters. The van der Waals surface area contributed by atoms with Crippen LogP contribution >= 0.6 is 0 Å². The summed E-state index contributed by atoms with van der Waals surface area (Å²) >= 11 is 0. The largest absolute Gasteiger partial charge is 0.355 e. The van der Waals surface area contributed by atoms with Gasteiger partial charge in [-0.05, 0) is 6.92 Å². The zero-order valence-corrected chi connectivity index (χ0v) is 11.1. The van der Waals surface area contributed by atoms with E-state index in [4.69, 9.17) is 5.84 Å². The first-order valence-electron chi connectivity index (χ1n) is 5.81. The van der Waals surface area contributed by atoms with Gasteiger partial charge in [0, 0.05) is 26.5 Å². The Morgan fingerprint density at radius 3 is 2.89 bits per heavy atom. The molecule has 0 saturated heterocycles. The van der Waals surface area contributed by atoms with Crippen molar-refractivity contribution in [3.63, 3.8) is 0 Å². The van der Waals surface area contributed by atoms with Crippen LogP contribution in [-0.4, -0.2) is 45.3 Å². The van der Waals surface area contributed by atoms with Crippen LogP contribution in [0.4, 0.5) is 11.6 Å². The van der Waals surface area contributed by atoms with Gasteiger partial charge in [0.15, 0.2) is 17.3 Å². The summed E-state index contributed by atoms with van der Waals surface area (Å²) in [5.74, 6) is 6.31. The molecule has 8 heteroatoms. The van der Waals surface area contributed by atoms with Gasteiger partial charge >= 0.3 is 0 Å². The fraction of sp³-hybridized carbons (Fsp3) is 0.364. The lowest BCUT2D eigenvalue weighted by Crippen LogP contribution is -2.37. The third-order valence-electron chi connectivity index (χ3n) is 2.69. The highest BCUT2D eigenvalue weighted by atomic mass is 16.2. The van der Waals surface area contributed by atoms with Crippen LogP contribution in [-0.2, 0) is 4.79 Å². The molecule has 0 radical (unpaired) electrons. The maximum atomic E-state index is 11.8. The van der Waals surface area contributed by atoms with Crippen LogP contribution in [0.2, 0.25) is 0 Å². The first-order chi connectivity index (χ1) is 9.02. The van der Waals surface area contributed by atoms with Gasteiger partial charge in [0.1, 0.15) is 6.04 Å². The first-order valence-corrected chi connectivity index (χ1v) is 5.81. The van der Waals surface area contributed by atoms with Gasteiger partial charge in [-0.3, -0.25) is 4.79 Å². The van der Waals surface area contributed by atoms with Gasteiger partial charge in [-0.2, -0.15) is 0 Å². The number of nitrogens with zero attached hydrogens (tertiary/aromatic N) is 4. The lowest BCUT2D eigenvalue weighted by Gasteiger charge is -2.19.